The molecule has 0 bridgehead atoms. The Hall–Kier alpha value is -2.09. The van der Waals surface area contributed by atoms with Gasteiger partial charge in [0.15, 0.2) is 0 Å². The number of hydrogen-bond donors (Lipinski definition) is 2. The lowest BCUT2D eigenvalue weighted by atomic mass is 9.70. The number of nitrogens with zero attached hydrogens (tertiary/aromatic N) is 1. The van der Waals surface area contributed by atoms with Gasteiger partial charge in [-0.05, 0) is 79.2 Å². The Kier molecular flexibility index (Phi) is 9.20. The highest BCUT2D eigenvalue weighted by Gasteiger charge is 2.42. The van der Waals surface area contributed by atoms with Crippen molar-refractivity contribution in [1.82, 2.24) is 10.2 Å². The van der Waals surface area contributed by atoms with Gasteiger partial charge in [0.2, 0.25) is 0 Å². The van der Waals surface area contributed by atoms with Gasteiger partial charge in [-0.1, -0.05) is 55.7 Å². The molecule has 2 N–H and O–H groups in total. The summed E-state index contributed by atoms with van der Waals surface area (Å²) in [6.07, 6.45) is 5.12. The van der Waals surface area contributed by atoms with Gasteiger partial charge < -0.3 is 24.8 Å². The van der Waals surface area contributed by atoms with Crippen molar-refractivity contribution < 1.29 is 19.4 Å². The topological polar surface area (TPSA) is 71.0 Å². The van der Waals surface area contributed by atoms with Crippen molar-refractivity contribution in [1.29, 1.82) is 0 Å². The SMILES string of the molecule is CC(C)(C)OC(=O)N1CCNCC1CC(c1ccc(OCc2ccccc2)c(Br)c1)C1(O)CCCCC1. The van der Waals surface area contributed by atoms with E-state index in [1.54, 1.807) is 0 Å². The molecule has 2 atom stereocenters. The van der Waals surface area contributed by atoms with E-state index < -0.39 is 11.2 Å². The maximum absolute atomic E-state index is 13.1. The molecule has 4 rings (SSSR count). The number of rotatable bonds is 7. The third-order valence-electron chi connectivity index (χ3n) is 7.45. The predicted molar refractivity (Wildman–Crippen MR) is 150 cm³/mol. The van der Waals surface area contributed by atoms with E-state index in [1.165, 1.54) is 0 Å². The molecular weight excluding hydrogens is 532 g/mol. The van der Waals surface area contributed by atoms with Crippen molar-refractivity contribution >= 4 is 22.0 Å². The van der Waals surface area contributed by atoms with Gasteiger partial charge in [0.05, 0.1) is 10.1 Å². The maximum Gasteiger partial charge on any atom is 0.410 e. The summed E-state index contributed by atoms with van der Waals surface area (Å²) in [5.41, 5.74) is 0.827. The Labute approximate surface area is 229 Å². The molecule has 202 valence electrons. The first kappa shape index (κ1) is 27.9. The first-order valence-electron chi connectivity index (χ1n) is 13.5. The van der Waals surface area contributed by atoms with Crippen molar-refractivity contribution in [3.05, 3.63) is 64.1 Å². The molecule has 6 nitrogen and oxygen atoms in total. The molecule has 7 heteroatoms. The average molecular weight is 574 g/mol. The molecule has 1 heterocycles. The summed E-state index contributed by atoms with van der Waals surface area (Å²) in [6.45, 7) is 8.21. The number of carbonyl (C=O) groups excluding carboxylic acids is 1. The highest BCUT2D eigenvalue weighted by atomic mass is 79.9. The fourth-order valence-electron chi connectivity index (χ4n) is 5.57. The molecule has 2 aromatic rings. The zero-order chi connectivity index (χ0) is 26.5. The molecule has 2 fully saturated rings. The van der Waals surface area contributed by atoms with Crippen LogP contribution in [0.5, 0.6) is 5.75 Å². The van der Waals surface area contributed by atoms with E-state index >= 15 is 0 Å². The van der Waals surface area contributed by atoms with Crippen LogP contribution in [-0.4, -0.2) is 53.0 Å². The Morgan fingerprint density at radius 3 is 2.57 bits per heavy atom. The van der Waals surface area contributed by atoms with Crippen LogP contribution in [0.4, 0.5) is 4.79 Å². The van der Waals surface area contributed by atoms with E-state index in [9.17, 15) is 9.90 Å². The van der Waals surface area contributed by atoms with Gasteiger partial charge in [0.25, 0.3) is 0 Å². The third-order valence-corrected chi connectivity index (χ3v) is 8.07. The fourth-order valence-corrected chi connectivity index (χ4v) is 6.08. The van der Waals surface area contributed by atoms with E-state index in [0.717, 1.165) is 60.0 Å². The lowest BCUT2D eigenvalue weighted by Crippen LogP contribution is -2.56. The van der Waals surface area contributed by atoms with E-state index in [1.807, 2.05) is 62.1 Å². The summed E-state index contributed by atoms with van der Waals surface area (Å²) in [7, 11) is 0. The van der Waals surface area contributed by atoms with Crippen LogP contribution in [0.3, 0.4) is 0 Å². The van der Waals surface area contributed by atoms with Gasteiger partial charge in [-0.2, -0.15) is 0 Å². The molecule has 0 aromatic heterocycles. The number of benzene rings is 2. The largest absolute Gasteiger partial charge is 0.488 e. The molecule has 2 aliphatic rings. The van der Waals surface area contributed by atoms with Gasteiger partial charge in [-0.25, -0.2) is 4.79 Å². The molecular formula is C30H41BrN2O4. The van der Waals surface area contributed by atoms with Crippen LogP contribution < -0.4 is 10.1 Å². The van der Waals surface area contributed by atoms with Crippen LogP contribution in [0.25, 0.3) is 0 Å². The molecule has 0 spiro atoms. The Bertz CT molecular complexity index is 1030. The normalized spacial score (nSPS) is 20.8. The average Bonchev–Trinajstić information content (AvgIpc) is 2.87. The number of ether oxygens (including phenoxy) is 2. The number of amides is 1. The van der Waals surface area contributed by atoms with Gasteiger partial charge in [-0.3, -0.25) is 0 Å². The standard InChI is InChI=1S/C30H41BrN2O4/c1-29(2,3)37-28(34)33-17-16-32-20-24(33)19-25(30(35)14-8-5-9-15-30)23-12-13-27(26(31)18-23)36-21-22-10-6-4-7-11-22/h4,6-7,10-13,18,24-25,32,35H,5,8-9,14-17,19-21H2,1-3H3. The van der Waals surface area contributed by atoms with Crippen LogP contribution in [0.2, 0.25) is 0 Å². The molecule has 1 saturated carbocycles. The highest BCUT2D eigenvalue weighted by Crippen LogP contribution is 2.44. The molecule has 37 heavy (non-hydrogen) atoms. The van der Waals surface area contributed by atoms with Crippen molar-refractivity contribution in [2.45, 2.75) is 89.1 Å². The number of nitrogens with one attached hydrogen (secondary N) is 1. The molecule has 1 amide bonds. The molecule has 0 radical (unpaired) electrons. The predicted octanol–water partition coefficient (Wildman–Crippen LogP) is 6.41. The van der Waals surface area contributed by atoms with E-state index in [2.05, 4.69) is 33.4 Å². The summed E-state index contributed by atoms with van der Waals surface area (Å²) in [6, 6.07) is 16.2. The van der Waals surface area contributed by atoms with E-state index in [-0.39, 0.29) is 18.1 Å². The summed E-state index contributed by atoms with van der Waals surface area (Å²) in [4.78, 5) is 14.9. The van der Waals surface area contributed by atoms with Gasteiger partial charge in [0.1, 0.15) is 18.0 Å². The number of piperazine rings is 1. The minimum absolute atomic E-state index is 0.0627. The minimum Gasteiger partial charge on any atom is -0.488 e. The number of halogens is 1. The molecule has 1 saturated heterocycles. The zero-order valence-electron chi connectivity index (χ0n) is 22.3. The van der Waals surface area contributed by atoms with Crippen LogP contribution in [-0.2, 0) is 11.3 Å². The van der Waals surface area contributed by atoms with E-state index in [4.69, 9.17) is 9.47 Å². The van der Waals surface area contributed by atoms with E-state index in [0.29, 0.717) is 26.1 Å². The first-order valence-corrected chi connectivity index (χ1v) is 14.3. The van der Waals surface area contributed by atoms with Crippen molar-refractivity contribution in [3.8, 4) is 5.75 Å². The second-order valence-electron chi connectivity index (χ2n) is 11.4. The summed E-state index contributed by atoms with van der Waals surface area (Å²) in [5, 5.41) is 15.4. The van der Waals surface area contributed by atoms with Crippen molar-refractivity contribution in [2.24, 2.45) is 0 Å². The van der Waals surface area contributed by atoms with Crippen LogP contribution in [0.15, 0.2) is 53.0 Å². The van der Waals surface area contributed by atoms with Crippen LogP contribution in [0.1, 0.15) is 76.3 Å². The summed E-state index contributed by atoms with van der Waals surface area (Å²) < 4.78 is 12.7. The number of aliphatic hydroxyl groups is 1. The zero-order valence-corrected chi connectivity index (χ0v) is 23.9. The summed E-state index contributed by atoms with van der Waals surface area (Å²) >= 11 is 3.72. The Morgan fingerprint density at radius 2 is 1.89 bits per heavy atom. The molecule has 2 unspecified atom stereocenters. The monoisotopic (exact) mass is 572 g/mol. The lowest BCUT2D eigenvalue weighted by Gasteiger charge is -2.44. The second kappa shape index (κ2) is 12.2. The molecule has 1 aliphatic carbocycles. The molecule has 1 aliphatic heterocycles. The van der Waals surface area contributed by atoms with Crippen molar-refractivity contribution in [2.75, 3.05) is 19.6 Å². The second-order valence-corrected chi connectivity index (χ2v) is 12.3. The quantitative estimate of drug-likeness (QED) is 0.401. The number of hydrogen-bond acceptors (Lipinski definition) is 5. The maximum atomic E-state index is 13.1. The first-order chi connectivity index (χ1) is 17.6. The number of carbonyl (C=O) groups is 1. The van der Waals surface area contributed by atoms with Crippen LogP contribution >= 0.6 is 15.9 Å². The highest BCUT2D eigenvalue weighted by molar-refractivity contribution is 9.10. The van der Waals surface area contributed by atoms with Gasteiger partial charge in [0, 0.05) is 31.6 Å². The smallest absolute Gasteiger partial charge is 0.410 e. The minimum atomic E-state index is -0.804. The van der Waals surface area contributed by atoms with Gasteiger partial charge in [-0.15, -0.1) is 0 Å². The van der Waals surface area contributed by atoms with Gasteiger partial charge >= 0.3 is 6.09 Å². The van der Waals surface area contributed by atoms with Crippen molar-refractivity contribution in [3.63, 3.8) is 0 Å². The van der Waals surface area contributed by atoms with Crippen LogP contribution in [0, 0.1) is 0 Å². The fraction of sp³-hybridized carbons (Fsp3) is 0.567. The third kappa shape index (κ3) is 7.49. The molecule has 2 aromatic carbocycles. The Balaban J connectivity index is 1.57. The summed E-state index contributed by atoms with van der Waals surface area (Å²) in [5.74, 6) is 0.666. The Morgan fingerprint density at radius 1 is 1.16 bits per heavy atom. The lowest BCUT2D eigenvalue weighted by molar-refractivity contribution is -0.0358.